The Hall–Kier alpha value is -1.06. The van der Waals surface area contributed by atoms with Crippen molar-refractivity contribution in [2.45, 2.75) is 20.4 Å². The molecule has 0 bridgehead atoms. The number of halogens is 1. The Balaban J connectivity index is 2.71. The molecule has 0 aliphatic rings. The summed E-state index contributed by atoms with van der Waals surface area (Å²) in [4.78, 5) is 13.5. The minimum atomic E-state index is -0.0198. The smallest absolute Gasteiger partial charge is 0.236 e. The van der Waals surface area contributed by atoms with Crippen LogP contribution in [0.15, 0.2) is 24.3 Å². The van der Waals surface area contributed by atoms with Crippen LogP contribution in [0, 0.1) is 5.92 Å². The Bertz CT molecular complexity index is 362. The summed E-state index contributed by atoms with van der Waals surface area (Å²) in [6.45, 7) is 5.53. The van der Waals surface area contributed by atoms with Gasteiger partial charge in [0.15, 0.2) is 0 Å². The SMILES string of the molecule is CC(C)CN(Cc1ccc(Cl)cc1)C(=O)CN. The van der Waals surface area contributed by atoms with Gasteiger partial charge in [0.05, 0.1) is 6.54 Å². The number of nitrogens with two attached hydrogens (primary N) is 1. The van der Waals surface area contributed by atoms with E-state index >= 15 is 0 Å². The number of amides is 1. The summed E-state index contributed by atoms with van der Waals surface area (Å²) in [5.41, 5.74) is 6.48. The molecule has 1 aromatic rings. The highest BCUT2D eigenvalue weighted by Gasteiger charge is 2.13. The number of hydrogen-bond acceptors (Lipinski definition) is 2. The van der Waals surface area contributed by atoms with Gasteiger partial charge in [-0.3, -0.25) is 4.79 Å². The van der Waals surface area contributed by atoms with Crippen LogP contribution in [0.4, 0.5) is 0 Å². The second-order valence-corrected chi connectivity index (χ2v) is 4.94. The van der Waals surface area contributed by atoms with E-state index in [1.165, 1.54) is 0 Å². The Morgan fingerprint density at radius 2 is 1.94 bits per heavy atom. The zero-order valence-electron chi connectivity index (χ0n) is 10.3. The second-order valence-electron chi connectivity index (χ2n) is 4.50. The summed E-state index contributed by atoms with van der Waals surface area (Å²) in [6, 6.07) is 7.52. The fourth-order valence-corrected chi connectivity index (χ4v) is 1.76. The minimum Gasteiger partial charge on any atom is -0.337 e. The number of hydrogen-bond donors (Lipinski definition) is 1. The standard InChI is InChI=1S/C13H19ClN2O/c1-10(2)8-16(13(17)7-15)9-11-3-5-12(14)6-4-11/h3-6,10H,7-9,15H2,1-2H3. The molecule has 0 radical (unpaired) electrons. The van der Waals surface area contributed by atoms with Gasteiger partial charge >= 0.3 is 0 Å². The molecule has 0 atom stereocenters. The molecule has 0 aliphatic heterocycles. The van der Waals surface area contributed by atoms with E-state index in [2.05, 4.69) is 13.8 Å². The van der Waals surface area contributed by atoms with Gasteiger partial charge in [-0.1, -0.05) is 37.6 Å². The molecule has 0 heterocycles. The zero-order chi connectivity index (χ0) is 12.8. The third-order valence-electron chi connectivity index (χ3n) is 2.40. The van der Waals surface area contributed by atoms with Gasteiger partial charge in [-0.15, -0.1) is 0 Å². The number of carbonyl (C=O) groups is 1. The van der Waals surface area contributed by atoms with Gasteiger partial charge in [-0.05, 0) is 23.6 Å². The van der Waals surface area contributed by atoms with Crippen LogP contribution < -0.4 is 5.73 Å². The van der Waals surface area contributed by atoms with E-state index in [4.69, 9.17) is 17.3 Å². The first-order valence-corrected chi connectivity index (χ1v) is 6.13. The Morgan fingerprint density at radius 1 is 1.35 bits per heavy atom. The summed E-state index contributed by atoms with van der Waals surface area (Å²) < 4.78 is 0. The lowest BCUT2D eigenvalue weighted by atomic mass is 10.1. The maximum absolute atomic E-state index is 11.7. The molecule has 1 rings (SSSR count). The number of carbonyl (C=O) groups excluding carboxylic acids is 1. The molecule has 94 valence electrons. The van der Waals surface area contributed by atoms with E-state index in [-0.39, 0.29) is 12.5 Å². The van der Waals surface area contributed by atoms with E-state index in [1.54, 1.807) is 4.90 Å². The van der Waals surface area contributed by atoms with Crippen molar-refractivity contribution in [3.8, 4) is 0 Å². The van der Waals surface area contributed by atoms with Gasteiger partial charge < -0.3 is 10.6 Å². The lowest BCUT2D eigenvalue weighted by molar-refractivity contribution is -0.130. The zero-order valence-corrected chi connectivity index (χ0v) is 11.1. The Morgan fingerprint density at radius 3 is 2.41 bits per heavy atom. The highest BCUT2D eigenvalue weighted by molar-refractivity contribution is 6.30. The largest absolute Gasteiger partial charge is 0.337 e. The highest BCUT2D eigenvalue weighted by Crippen LogP contribution is 2.12. The van der Waals surface area contributed by atoms with E-state index < -0.39 is 0 Å². The van der Waals surface area contributed by atoms with Crippen LogP contribution in [0.5, 0.6) is 0 Å². The van der Waals surface area contributed by atoms with Crippen LogP contribution in [0.2, 0.25) is 5.02 Å². The minimum absolute atomic E-state index is 0.0198. The average molecular weight is 255 g/mol. The monoisotopic (exact) mass is 254 g/mol. The quantitative estimate of drug-likeness (QED) is 0.876. The first-order valence-electron chi connectivity index (χ1n) is 5.75. The van der Waals surface area contributed by atoms with Crippen LogP contribution in [-0.2, 0) is 11.3 Å². The summed E-state index contributed by atoms with van der Waals surface area (Å²) in [5, 5.41) is 0.703. The fourth-order valence-electron chi connectivity index (χ4n) is 1.63. The third kappa shape index (κ3) is 4.75. The van der Waals surface area contributed by atoms with Crippen molar-refractivity contribution in [3.05, 3.63) is 34.9 Å². The number of nitrogens with zero attached hydrogens (tertiary/aromatic N) is 1. The maximum Gasteiger partial charge on any atom is 0.236 e. The molecule has 17 heavy (non-hydrogen) atoms. The summed E-state index contributed by atoms with van der Waals surface area (Å²) in [5.74, 6) is 0.409. The van der Waals surface area contributed by atoms with E-state index in [0.717, 1.165) is 12.1 Å². The molecule has 0 fully saturated rings. The third-order valence-corrected chi connectivity index (χ3v) is 2.65. The molecule has 1 amide bonds. The predicted molar refractivity (Wildman–Crippen MR) is 70.8 cm³/mol. The van der Waals surface area contributed by atoms with Crippen LogP contribution in [0.3, 0.4) is 0 Å². The molecule has 0 spiro atoms. The van der Waals surface area contributed by atoms with Crippen molar-refractivity contribution >= 4 is 17.5 Å². The lowest BCUT2D eigenvalue weighted by Gasteiger charge is -2.24. The predicted octanol–water partition coefficient (Wildman–Crippen LogP) is 2.28. The molecule has 0 unspecified atom stereocenters. The summed E-state index contributed by atoms with van der Waals surface area (Å²) in [7, 11) is 0. The van der Waals surface area contributed by atoms with E-state index in [0.29, 0.717) is 17.5 Å². The van der Waals surface area contributed by atoms with Crippen molar-refractivity contribution in [3.63, 3.8) is 0 Å². The summed E-state index contributed by atoms with van der Waals surface area (Å²) in [6.07, 6.45) is 0. The Labute approximate surface area is 108 Å². The molecule has 0 saturated carbocycles. The average Bonchev–Trinajstić information content (AvgIpc) is 2.29. The van der Waals surface area contributed by atoms with Gasteiger partial charge in [0.25, 0.3) is 0 Å². The molecule has 4 heteroatoms. The van der Waals surface area contributed by atoms with E-state index in [1.807, 2.05) is 24.3 Å². The van der Waals surface area contributed by atoms with Gasteiger partial charge in [-0.2, -0.15) is 0 Å². The highest BCUT2D eigenvalue weighted by atomic mass is 35.5. The molecule has 2 N–H and O–H groups in total. The number of rotatable bonds is 5. The number of benzene rings is 1. The van der Waals surface area contributed by atoms with Gasteiger partial charge in [0.1, 0.15) is 0 Å². The fraction of sp³-hybridized carbons (Fsp3) is 0.462. The van der Waals surface area contributed by atoms with Crippen LogP contribution in [-0.4, -0.2) is 23.9 Å². The van der Waals surface area contributed by atoms with Gasteiger partial charge in [-0.25, -0.2) is 0 Å². The normalized spacial score (nSPS) is 10.6. The van der Waals surface area contributed by atoms with Gasteiger partial charge in [0, 0.05) is 18.1 Å². The lowest BCUT2D eigenvalue weighted by Crippen LogP contribution is -2.37. The maximum atomic E-state index is 11.7. The van der Waals surface area contributed by atoms with Crippen molar-refractivity contribution in [2.75, 3.05) is 13.1 Å². The van der Waals surface area contributed by atoms with Crippen LogP contribution in [0.1, 0.15) is 19.4 Å². The molecular weight excluding hydrogens is 236 g/mol. The first kappa shape index (κ1) is 14.0. The second kappa shape index (κ2) is 6.62. The Kier molecular flexibility index (Phi) is 5.45. The topological polar surface area (TPSA) is 46.3 Å². The van der Waals surface area contributed by atoms with E-state index in [9.17, 15) is 4.79 Å². The van der Waals surface area contributed by atoms with Crippen molar-refractivity contribution < 1.29 is 4.79 Å². The molecule has 0 aliphatic carbocycles. The van der Waals surface area contributed by atoms with Crippen molar-refractivity contribution in [1.29, 1.82) is 0 Å². The van der Waals surface area contributed by atoms with Crippen molar-refractivity contribution in [1.82, 2.24) is 4.90 Å². The molecule has 1 aromatic carbocycles. The molecule has 0 saturated heterocycles. The summed E-state index contributed by atoms with van der Waals surface area (Å²) >= 11 is 5.82. The molecule has 3 nitrogen and oxygen atoms in total. The molecular formula is C13H19ClN2O. The van der Waals surface area contributed by atoms with Gasteiger partial charge in [0.2, 0.25) is 5.91 Å². The first-order chi connectivity index (χ1) is 8.02. The van der Waals surface area contributed by atoms with Crippen molar-refractivity contribution in [2.24, 2.45) is 11.7 Å². The van der Waals surface area contributed by atoms with Crippen LogP contribution in [0.25, 0.3) is 0 Å². The van der Waals surface area contributed by atoms with Crippen LogP contribution >= 0.6 is 11.6 Å². The molecule has 0 aromatic heterocycles.